The third-order valence-electron chi connectivity index (χ3n) is 6.61. The second-order valence-corrected chi connectivity index (χ2v) is 8.87. The lowest BCUT2D eigenvalue weighted by Gasteiger charge is -2.38. The Morgan fingerprint density at radius 2 is 1.55 bits per heavy atom. The van der Waals surface area contributed by atoms with Crippen molar-refractivity contribution in [1.29, 1.82) is 0 Å². The monoisotopic (exact) mass is 449 g/mol. The minimum atomic E-state index is -4.45. The summed E-state index contributed by atoms with van der Waals surface area (Å²) < 4.78 is 39.5. The zero-order valence-corrected chi connectivity index (χ0v) is 17.9. The number of rotatable bonds is 6. The average Bonchev–Trinajstić information content (AvgIpc) is 2.74. The normalized spacial score (nSPS) is 33.0. The molecule has 0 aromatic rings. The van der Waals surface area contributed by atoms with Gasteiger partial charge in [-0.1, -0.05) is 19.3 Å². The highest BCUT2D eigenvalue weighted by Crippen LogP contribution is 2.33. The molecule has 0 spiro atoms. The predicted molar refractivity (Wildman–Crippen MR) is 107 cm³/mol. The first-order valence-electron chi connectivity index (χ1n) is 11.2. The van der Waals surface area contributed by atoms with Crippen LogP contribution in [0.2, 0.25) is 0 Å². The van der Waals surface area contributed by atoms with Crippen LogP contribution in [-0.4, -0.2) is 49.6 Å². The van der Waals surface area contributed by atoms with E-state index in [1.165, 1.54) is 13.5 Å². The number of hydrogen-bond acceptors (Lipinski definition) is 6. The lowest BCUT2D eigenvalue weighted by Crippen LogP contribution is -2.71. The van der Waals surface area contributed by atoms with E-state index in [4.69, 9.17) is 4.84 Å². The van der Waals surface area contributed by atoms with Gasteiger partial charge in [-0.3, -0.25) is 15.4 Å². The van der Waals surface area contributed by atoms with Crippen molar-refractivity contribution in [2.45, 2.75) is 94.9 Å². The molecule has 0 aromatic carbocycles. The van der Waals surface area contributed by atoms with E-state index in [0.29, 0.717) is 18.6 Å². The molecule has 1 saturated heterocycles. The van der Waals surface area contributed by atoms with Crippen LogP contribution < -0.4 is 26.7 Å². The molecule has 3 aliphatic rings. The third kappa shape index (κ3) is 7.03. The van der Waals surface area contributed by atoms with Gasteiger partial charge in [0.2, 0.25) is 0 Å². The molecule has 178 valence electrons. The summed E-state index contributed by atoms with van der Waals surface area (Å²) in [6.07, 6.45) is 1.78. The highest BCUT2D eigenvalue weighted by atomic mass is 19.4. The number of hydroxylamine groups is 1. The first-order valence-corrected chi connectivity index (χ1v) is 11.2. The van der Waals surface area contributed by atoms with E-state index >= 15 is 0 Å². The van der Waals surface area contributed by atoms with Crippen LogP contribution in [0.3, 0.4) is 0 Å². The van der Waals surface area contributed by atoms with E-state index in [-0.39, 0.29) is 24.3 Å². The summed E-state index contributed by atoms with van der Waals surface area (Å²) in [7, 11) is 1.32. The minimum absolute atomic E-state index is 0.0688. The van der Waals surface area contributed by atoms with Gasteiger partial charge in [-0.2, -0.15) is 18.7 Å². The van der Waals surface area contributed by atoms with E-state index in [1.807, 2.05) is 0 Å². The fourth-order valence-corrected chi connectivity index (χ4v) is 4.96. The van der Waals surface area contributed by atoms with Gasteiger partial charge in [-0.25, -0.2) is 4.79 Å². The first kappa shape index (κ1) is 24.2. The molecule has 3 fully saturated rings. The summed E-state index contributed by atoms with van der Waals surface area (Å²) >= 11 is 0. The van der Waals surface area contributed by atoms with Crippen LogP contribution >= 0.6 is 0 Å². The molecule has 0 radical (unpaired) electrons. The van der Waals surface area contributed by atoms with Crippen molar-refractivity contribution in [3.05, 3.63) is 0 Å². The third-order valence-corrected chi connectivity index (χ3v) is 6.61. The molecule has 5 N–H and O–H groups in total. The quantitative estimate of drug-likeness (QED) is 0.399. The molecule has 0 bridgehead atoms. The highest BCUT2D eigenvalue weighted by Gasteiger charge is 2.45. The van der Waals surface area contributed by atoms with Crippen molar-refractivity contribution in [3.8, 4) is 0 Å². The van der Waals surface area contributed by atoms with Gasteiger partial charge in [-0.05, 0) is 38.5 Å². The van der Waals surface area contributed by atoms with Crippen LogP contribution in [0, 0.1) is 11.8 Å². The van der Waals surface area contributed by atoms with E-state index < -0.39 is 30.7 Å². The maximum absolute atomic E-state index is 13.2. The maximum Gasteiger partial charge on any atom is 0.404 e. The summed E-state index contributed by atoms with van der Waals surface area (Å²) in [5.74, 6) is 0.651. The zero-order chi connectivity index (χ0) is 22.4. The second kappa shape index (κ2) is 10.9. The summed E-state index contributed by atoms with van der Waals surface area (Å²) in [4.78, 5) is 29.8. The number of carbonyl (C=O) groups is 2. The Kier molecular flexibility index (Phi) is 8.54. The van der Waals surface area contributed by atoms with Gasteiger partial charge in [0, 0.05) is 24.3 Å². The number of ketones is 1. The fourth-order valence-electron chi connectivity index (χ4n) is 4.96. The van der Waals surface area contributed by atoms with Gasteiger partial charge >= 0.3 is 12.2 Å². The van der Waals surface area contributed by atoms with E-state index in [2.05, 4.69) is 26.7 Å². The number of hydrogen-bond donors (Lipinski definition) is 5. The minimum Gasteiger partial charge on any atom is -0.335 e. The Bertz CT molecular complexity index is 607. The van der Waals surface area contributed by atoms with Crippen molar-refractivity contribution < 1.29 is 27.6 Å². The molecule has 0 aromatic heterocycles. The van der Waals surface area contributed by atoms with Crippen molar-refractivity contribution in [1.82, 2.24) is 26.7 Å². The van der Waals surface area contributed by atoms with Gasteiger partial charge in [0.25, 0.3) is 0 Å². The van der Waals surface area contributed by atoms with Gasteiger partial charge in [0.05, 0.1) is 13.3 Å². The summed E-state index contributed by atoms with van der Waals surface area (Å²) in [5.41, 5.74) is 2.46. The van der Waals surface area contributed by atoms with Gasteiger partial charge in [0.15, 0.2) is 0 Å². The molecule has 3 unspecified atom stereocenters. The summed E-state index contributed by atoms with van der Waals surface area (Å²) in [5, 5.41) is 10.5. The molecule has 31 heavy (non-hydrogen) atoms. The van der Waals surface area contributed by atoms with Crippen LogP contribution in [0.25, 0.3) is 0 Å². The van der Waals surface area contributed by atoms with Crippen LogP contribution in [0.5, 0.6) is 0 Å². The lowest BCUT2D eigenvalue weighted by molar-refractivity contribution is -0.171. The van der Waals surface area contributed by atoms with Crippen molar-refractivity contribution in [3.63, 3.8) is 0 Å². The van der Waals surface area contributed by atoms with Gasteiger partial charge in [0.1, 0.15) is 18.1 Å². The fraction of sp³-hybridized carbons (Fsp3) is 0.900. The topological polar surface area (TPSA) is 104 Å². The summed E-state index contributed by atoms with van der Waals surface area (Å²) in [6, 6.07) is -2.43. The SMILES string of the molecule is CONC1CC(C(F)(F)F)NC(NC(=O)NC2CCC(C(=O)C3CCCCC3)CC2)N1. The number of halogens is 3. The number of amides is 2. The number of Topliss-reactive ketones (excluding diaryl/α,β-unsaturated/α-hetero) is 1. The number of alkyl halides is 3. The Labute approximate surface area is 180 Å². The Balaban J connectivity index is 1.43. The number of carbonyl (C=O) groups excluding carboxylic acids is 2. The molecule has 2 amide bonds. The van der Waals surface area contributed by atoms with Crippen LogP contribution in [0.15, 0.2) is 0 Å². The van der Waals surface area contributed by atoms with E-state index in [1.54, 1.807) is 0 Å². The van der Waals surface area contributed by atoms with Crippen molar-refractivity contribution in [2.24, 2.45) is 11.8 Å². The Morgan fingerprint density at radius 1 is 0.903 bits per heavy atom. The van der Waals surface area contributed by atoms with Crippen molar-refractivity contribution >= 4 is 11.8 Å². The molecule has 2 saturated carbocycles. The number of urea groups is 1. The Hall–Kier alpha value is -1.43. The standard InChI is InChI=1S/C20H34F3N5O3/c1-31-28-16-11-15(20(21,22)23)25-18(26-16)27-19(30)24-14-9-7-13(8-10-14)17(29)12-5-3-2-4-6-12/h12-16,18,25-26,28H,2-11H2,1H3,(H2,24,27,30). The molecular formula is C20H34F3N5O3. The van der Waals surface area contributed by atoms with E-state index in [0.717, 1.165) is 38.5 Å². The van der Waals surface area contributed by atoms with Gasteiger partial charge < -0.3 is 15.5 Å². The Morgan fingerprint density at radius 3 is 2.16 bits per heavy atom. The molecular weight excluding hydrogens is 415 g/mol. The number of nitrogens with one attached hydrogen (secondary N) is 5. The molecule has 1 aliphatic heterocycles. The smallest absolute Gasteiger partial charge is 0.335 e. The summed E-state index contributed by atoms with van der Waals surface area (Å²) in [6.45, 7) is 0. The molecule has 2 aliphatic carbocycles. The second-order valence-electron chi connectivity index (χ2n) is 8.87. The average molecular weight is 450 g/mol. The predicted octanol–water partition coefficient (Wildman–Crippen LogP) is 2.27. The zero-order valence-electron chi connectivity index (χ0n) is 17.9. The van der Waals surface area contributed by atoms with E-state index in [9.17, 15) is 22.8 Å². The maximum atomic E-state index is 13.2. The van der Waals surface area contributed by atoms with Gasteiger partial charge in [-0.15, -0.1) is 0 Å². The largest absolute Gasteiger partial charge is 0.404 e. The van der Waals surface area contributed by atoms with Crippen LogP contribution in [-0.2, 0) is 9.63 Å². The molecule has 11 heteroatoms. The molecule has 3 rings (SSSR count). The first-order chi connectivity index (χ1) is 14.8. The van der Waals surface area contributed by atoms with Crippen molar-refractivity contribution in [2.75, 3.05) is 7.11 Å². The lowest BCUT2D eigenvalue weighted by atomic mass is 9.75. The van der Waals surface area contributed by atoms with Crippen LogP contribution in [0.1, 0.15) is 64.2 Å². The molecule has 3 atom stereocenters. The highest BCUT2D eigenvalue weighted by molar-refractivity contribution is 5.83. The van der Waals surface area contributed by atoms with Crippen LogP contribution in [0.4, 0.5) is 18.0 Å². The molecule has 8 nitrogen and oxygen atoms in total. The molecule has 1 heterocycles.